The second kappa shape index (κ2) is 8.31. The minimum absolute atomic E-state index is 0.0606. The fraction of sp³-hybridized carbons (Fsp3) is 0.176. The number of anilines is 2. The summed E-state index contributed by atoms with van der Waals surface area (Å²) in [6.07, 6.45) is 0.993. The molecule has 0 spiro atoms. The summed E-state index contributed by atoms with van der Waals surface area (Å²) in [4.78, 5) is 24.3. The minimum atomic E-state index is -3.81. The van der Waals surface area contributed by atoms with Crippen LogP contribution in [-0.4, -0.2) is 20.2 Å². The van der Waals surface area contributed by atoms with E-state index in [4.69, 9.17) is 16.7 Å². The highest BCUT2D eigenvalue weighted by Crippen LogP contribution is 2.23. The van der Waals surface area contributed by atoms with Crippen molar-refractivity contribution in [2.24, 2.45) is 5.14 Å². The maximum absolute atomic E-state index is 12.5. The van der Waals surface area contributed by atoms with Crippen LogP contribution in [0.5, 0.6) is 0 Å². The van der Waals surface area contributed by atoms with Gasteiger partial charge in [-0.25, -0.2) is 13.6 Å². The van der Waals surface area contributed by atoms with Gasteiger partial charge in [0.1, 0.15) is 0 Å². The van der Waals surface area contributed by atoms with E-state index in [9.17, 15) is 18.0 Å². The molecular formula is C17H18ClN3O4S. The highest BCUT2D eigenvalue weighted by Gasteiger charge is 2.15. The first-order chi connectivity index (χ1) is 12.2. The van der Waals surface area contributed by atoms with Crippen molar-refractivity contribution in [3.63, 3.8) is 0 Å². The van der Waals surface area contributed by atoms with Gasteiger partial charge in [0.2, 0.25) is 15.9 Å². The summed E-state index contributed by atoms with van der Waals surface area (Å²) in [6, 6.07) is 9.95. The number of hydrogen-bond acceptors (Lipinski definition) is 4. The van der Waals surface area contributed by atoms with Crippen molar-refractivity contribution < 1.29 is 18.0 Å². The molecule has 0 aliphatic heterocycles. The molecule has 0 aliphatic rings. The quantitative estimate of drug-likeness (QED) is 0.696. The largest absolute Gasteiger partial charge is 0.325 e. The Kier molecular flexibility index (Phi) is 6.36. The van der Waals surface area contributed by atoms with Crippen LogP contribution >= 0.6 is 11.6 Å². The molecule has 0 bridgehead atoms. The van der Waals surface area contributed by atoms with Crippen molar-refractivity contribution in [2.45, 2.75) is 24.7 Å². The average molecular weight is 396 g/mol. The van der Waals surface area contributed by atoms with Gasteiger partial charge in [0, 0.05) is 17.1 Å². The predicted molar refractivity (Wildman–Crippen MR) is 101 cm³/mol. The molecule has 0 unspecified atom stereocenters. The van der Waals surface area contributed by atoms with Crippen LogP contribution in [0, 0.1) is 0 Å². The molecule has 2 amide bonds. The van der Waals surface area contributed by atoms with E-state index in [-0.39, 0.29) is 16.4 Å². The Morgan fingerprint density at radius 3 is 2.31 bits per heavy atom. The molecule has 2 aromatic rings. The van der Waals surface area contributed by atoms with Gasteiger partial charge >= 0.3 is 0 Å². The molecule has 138 valence electrons. The normalized spacial score (nSPS) is 11.0. The molecular weight excluding hydrogens is 378 g/mol. The molecule has 9 heteroatoms. The second-order valence-electron chi connectivity index (χ2n) is 5.51. The average Bonchev–Trinajstić information content (AvgIpc) is 2.54. The zero-order chi connectivity index (χ0) is 19.3. The number of rotatable bonds is 6. The third kappa shape index (κ3) is 5.29. The number of nitrogens with two attached hydrogens (primary N) is 1. The Morgan fingerprint density at radius 2 is 1.73 bits per heavy atom. The van der Waals surface area contributed by atoms with Crippen molar-refractivity contribution in [2.75, 3.05) is 10.6 Å². The van der Waals surface area contributed by atoms with E-state index in [0.29, 0.717) is 29.2 Å². The van der Waals surface area contributed by atoms with Crippen molar-refractivity contribution in [3.8, 4) is 0 Å². The van der Waals surface area contributed by atoms with E-state index in [1.807, 2.05) is 6.92 Å². The number of primary sulfonamides is 1. The topological polar surface area (TPSA) is 118 Å². The van der Waals surface area contributed by atoms with Gasteiger partial charge in [-0.1, -0.05) is 18.5 Å². The van der Waals surface area contributed by atoms with Gasteiger partial charge in [0.15, 0.2) is 0 Å². The number of carbonyl (C=O) groups excluding carboxylic acids is 2. The molecule has 0 fully saturated rings. The molecule has 0 saturated carbocycles. The van der Waals surface area contributed by atoms with E-state index in [0.717, 1.165) is 0 Å². The standard InChI is InChI=1S/C17H18ClN3O4S/c1-2-3-16(22)21-15-10-11(18)4-9-14(15)17(23)20-12-5-7-13(8-6-12)26(19,24)25/h4-10H,2-3H2,1H3,(H,20,23)(H,21,22)(H2,19,24,25). The van der Waals surface area contributed by atoms with Gasteiger partial charge in [-0.15, -0.1) is 0 Å². The number of amides is 2. The number of nitrogens with one attached hydrogen (secondary N) is 2. The van der Waals surface area contributed by atoms with Crippen molar-refractivity contribution in [3.05, 3.63) is 53.1 Å². The molecule has 0 saturated heterocycles. The van der Waals surface area contributed by atoms with Crippen LogP contribution in [0.15, 0.2) is 47.4 Å². The Hall–Kier alpha value is -2.42. The molecule has 4 N–H and O–H groups in total. The first kappa shape index (κ1) is 19.9. The summed E-state index contributed by atoms with van der Waals surface area (Å²) < 4.78 is 22.5. The number of benzene rings is 2. The van der Waals surface area contributed by atoms with Crippen LogP contribution in [0.3, 0.4) is 0 Å². The zero-order valence-corrected chi connectivity index (χ0v) is 15.5. The molecule has 0 heterocycles. The lowest BCUT2D eigenvalue weighted by atomic mass is 10.1. The molecule has 7 nitrogen and oxygen atoms in total. The molecule has 2 aromatic carbocycles. The highest BCUT2D eigenvalue weighted by molar-refractivity contribution is 7.89. The third-order valence-electron chi connectivity index (χ3n) is 3.42. The number of hydrogen-bond donors (Lipinski definition) is 3. The van der Waals surface area contributed by atoms with E-state index in [2.05, 4.69) is 10.6 Å². The summed E-state index contributed by atoms with van der Waals surface area (Å²) in [5.74, 6) is -0.696. The number of sulfonamides is 1. The molecule has 2 rings (SSSR count). The fourth-order valence-corrected chi connectivity index (χ4v) is 2.87. The van der Waals surface area contributed by atoms with Gasteiger partial charge in [-0.3, -0.25) is 9.59 Å². The SMILES string of the molecule is CCCC(=O)Nc1cc(Cl)ccc1C(=O)Nc1ccc(S(N)(=O)=O)cc1. The van der Waals surface area contributed by atoms with Gasteiger partial charge in [-0.2, -0.15) is 0 Å². The number of carbonyl (C=O) groups is 2. The van der Waals surface area contributed by atoms with E-state index < -0.39 is 15.9 Å². The molecule has 0 aliphatic carbocycles. The lowest BCUT2D eigenvalue weighted by Gasteiger charge is -2.12. The first-order valence-electron chi connectivity index (χ1n) is 7.74. The van der Waals surface area contributed by atoms with Crippen LogP contribution in [0.2, 0.25) is 5.02 Å². The van der Waals surface area contributed by atoms with Gasteiger partial charge in [0.05, 0.1) is 16.1 Å². The molecule has 0 atom stereocenters. The Morgan fingerprint density at radius 1 is 1.08 bits per heavy atom. The molecule has 0 radical (unpaired) electrons. The Balaban J connectivity index is 2.22. The lowest BCUT2D eigenvalue weighted by Crippen LogP contribution is -2.18. The zero-order valence-electron chi connectivity index (χ0n) is 14.0. The minimum Gasteiger partial charge on any atom is -0.325 e. The summed E-state index contributed by atoms with van der Waals surface area (Å²) in [5, 5.41) is 10.7. The highest BCUT2D eigenvalue weighted by atomic mass is 35.5. The summed E-state index contributed by atoms with van der Waals surface area (Å²) in [6.45, 7) is 1.87. The monoisotopic (exact) mass is 395 g/mol. The van der Waals surface area contributed by atoms with E-state index in [1.54, 1.807) is 0 Å². The molecule has 0 aromatic heterocycles. The van der Waals surface area contributed by atoms with Crippen LogP contribution in [0.4, 0.5) is 11.4 Å². The van der Waals surface area contributed by atoms with Crippen LogP contribution in [0.25, 0.3) is 0 Å². The maximum Gasteiger partial charge on any atom is 0.257 e. The van der Waals surface area contributed by atoms with Crippen molar-refractivity contribution in [1.29, 1.82) is 0 Å². The van der Waals surface area contributed by atoms with Crippen LogP contribution in [-0.2, 0) is 14.8 Å². The van der Waals surface area contributed by atoms with Gasteiger partial charge in [-0.05, 0) is 48.9 Å². The Labute approximate surface area is 156 Å². The third-order valence-corrected chi connectivity index (χ3v) is 4.58. The van der Waals surface area contributed by atoms with E-state index in [1.165, 1.54) is 42.5 Å². The molecule has 26 heavy (non-hydrogen) atoms. The van der Waals surface area contributed by atoms with Gasteiger partial charge < -0.3 is 10.6 Å². The van der Waals surface area contributed by atoms with Crippen LogP contribution in [0.1, 0.15) is 30.1 Å². The summed E-state index contributed by atoms with van der Waals surface area (Å²) in [5.41, 5.74) is 0.909. The first-order valence-corrected chi connectivity index (χ1v) is 9.66. The van der Waals surface area contributed by atoms with E-state index >= 15 is 0 Å². The van der Waals surface area contributed by atoms with Crippen molar-refractivity contribution >= 4 is 44.8 Å². The maximum atomic E-state index is 12.5. The second-order valence-corrected chi connectivity index (χ2v) is 7.51. The predicted octanol–water partition coefficient (Wildman–Crippen LogP) is 2.98. The fourth-order valence-electron chi connectivity index (χ4n) is 2.18. The number of halogens is 1. The summed E-state index contributed by atoms with van der Waals surface area (Å²) in [7, 11) is -3.81. The van der Waals surface area contributed by atoms with Crippen molar-refractivity contribution in [1.82, 2.24) is 0 Å². The Bertz CT molecular complexity index is 928. The van der Waals surface area contributed by atoms with Gasteiger partial charge in [0.25, 0.3) is 5.91 Å². The smallest absolute Gasteiger partial charge is 0.257 e. The summed E-state index contributed by atoms with van der Waals surface area (Å²) >= 11 is 5.95. The van der Waals surface area contributed by atoms with Crippen LogP contribution < -0.4 is 15.8 Å². The lowest BCUT2D eigenvalue weighted by molar-refractivity contribution is -0.116.